The Hall–Kier alpha value is -2.30. The molecular weight excluding hydrogens is 606 g/mol. The van der Waals surface area contributed by atoms with Crippen molar-refractivity contribution in [2.75, 3.05) is 6.54 Å². The van der Waals surface area contributed by atoms with Gasteiger partial charge in [-0.25, -0.2) is 0 Å². The first-order valence-corrected chi connectivity index (χ1v) is 14.6. The van der Waals surface area contributed by atoms with Gasteiger partial charge < -0.3 is 10.0 Å². The topological polar surface area (TPSA) is 92.5 Å². The van der Waals surface area contributed by atoms with Crippen LogP contribution in [0.1, 0.15) is 97.7 Å². The van der Waals surface area contributed by atoms with Gasteiger partial charge in [0.05, 0.1) is 45.9 Å². The number of nitrogens with zero attached hydrogens (tertiary/aromatic N) is 3. The fraction of sp³-hybridized carbons (Fsp3) is 0.571. The van der Waals surface area contributed by atoms with Gasteiger partial charge in [-0.15, -0.1) is 0 Å². The minimum atomic E-state index is -4.92. The van der Waals surface area contributed by atoms with Gasteiger partial charge in [0.2, 0.25) is 0 Å². The number of carboxylic acids is 1. The molecule has 0 saturated heterocycles. The number of carboxylic acid groups (broad SMARTS) is 1. The highest BCUT2D eigenvalue weighted by atomic mass is 35.5. The summed E-state index contributed by atoms with van der Waals surface area (Å²) in [5.74, 6) is -3.18. The van der Waals surface area contributed by atoms with Crippen LogP contribution in [0.4, 0.5) is 13.2 Å². The summed E-state index contributed by atoms with van der Waals surface area (Å²) in [7, 11) is 0. The molecule has 41 heavy (non-hydrogen) atoms. The van der Waals surface area contributed by atoms with Gasteiger partial charge in [0, 0.05) is 11.1 Å². The number of ketones is 1. The SMILES string of the molecule is CC1(C)CCC(N(CC(=O)c2c(Cl)cc(Cl)cc2Cl)C(=O)c2cnn([C@H]3CC[C@H](C(=O)O)CC3)c2C(F)(F)F)CC1. The molecule has 0 aliphatic heterocycles. The molecule has 224 valence electrons. The molecule has 2 saturated carbocycles. The van der Waals surface area contributed by atoms with Crippen molar-refractivity contribution < 1.29 is 32.7 Å². The van der Waals surface area contributed by atoms with Gasteiger partial charge in [0.1, 0.15) is 0 Å². The summed E-state index contributed by atoms with van der Waals surface area (Å²) >= 11 is 18.5. The second-order valence-electron chi connectivity index (χ2n) is 11.7. The molecule has 13 heteroatoms. The molecule has 1 N–H and O–H groups in total. The van der Waals surface area contributed by atoms with E-state index in [2.05, 4.69) is 18.9 Å². The van der Waals surface area contributed by atoms with Crippen LogP contribution in [0.5, 0.6) is 0 Å². The van der Waals surface area contributed by atoms with E-state index in [4.69, 9.17) is 34.8 Å². The quantitative estimate of drug-likeness (QED) is 0.311. The number of aromatic nitrogens is 2. The summed E-state index contributed by atoms with van der Waals surface area (Å²) in [6, 6.07) is 1.48. The highest BCUT2D eigenvalue weighted by Crippen LogP contribution is 2.41. The van der Waals surface area contributed by atoms with Crippen LogP contribution < -0.4 is 0 Å². The van der Waals surface area contributed by atoms with Crippen LogP contribution in [-0.4, -0.2) is 50.0 Å². The number of hydrogen-bond donors (Lipinski definition) is 1. The third kappa shape index (κ3) is 7.03. The molecule has 1 amide bonds. The van der Waals surface area contributed by atoms with Crippen molar-refractivity contribution in [1.29, 1.82) is 0 Å². The van der Waals surface area contributed by atoms with Crippen molar-refractivity contribution >= 4 is 52.5 Å². The van der Waals surface area contributed by atoms with Crippen LogP contribution in [0.2, 0.25) is 15.1 Å². The molecule has 2 aromatic rings. The maximum Gasteiger partial charge on any atom is 0.433 e. The number of aliphatic carboxylic acids is 1. The van der Waals surface area contributed by atoms with Crippen LogP contribution in [0, 0.1) is 11.3 Å². The summed E-state index contributed by atoms with van der Waals surface area (Å²) in [6.45, 7) is 3.63. The summed E-state index contributed by atoms with van der Waals surface area (Å²) in [5.41, 5.74) is -1.91. The van der Waals surface area contributed by atoms with Gasteiger partial charge in [0.15, 0.2) is 11.5 Å². The number of Topliss-reactive ketones (excluding diaryl/α,β-unsaturated/α-hetero) is 1. The third-order valence-electron chi connectivity index (χ3n) is 8.30. The van der Waals surface area contributed by atoms with E-state index in [1.165, 1.54) is 17.0 Å². The molecule has 0 bridgehead atoms. The van der Waals surface area contributed by atoms with Gasteiger partial charge in [-0.2, -0.15) is 18.3 Å². The van der Waals surface area contributed by atoms with E-state index in [1.807, 2.05) is 0 Å². The number of halogens is 6. The van der Waals surface area contributed by atoms with E-state index in [1.54, 1.807) is 0 Å². The fourth-order valence-corrected chi connectivity index (χ4v) is 6.93. The Balaban J connectivity index is 1.70. The van der Waals surface area contributed by atoms with Gasteiger partial charge >= 0.3 is 12.1 Å². The Morgan fingerprint density at radius 2 is 1.59 bits per heavy atom. The second-order valence-corrected chi connectivity index (χ2v) is 12.9. The Labute approximate surface area is 250 Å². The molecular formula is C28H31Cl3F3N3O4. The normalized spacial score (nSPS) is 21.5. The van der Waals surface area contributed by atoms with E-state index in [0.717, 1.165) is 23.7 Å². The molecule has 0 atom stereocenters. The van der Waals surface area contributed by atoms with Crippen molar-refractivity contribution in [2.24, 2.45) is 11.3 Å². The Morgan fingerprint density at radius 3 is 2.10 bits per heavy atom. The first kappa shape index (κ1) is 31.6. The number of rotatable bonds is 7. The fourth-order valence-electron chi connectivity index (χ4n) is 5.91. The van der Waals surface area contributed by atoms with Gasteiger partial charge in [-0.3, -0.25) is 19.1 Å². The molecule has 7 nitrogen and oxygen atoms in total. The summed E-state index contributed by atoms with van der Waals surface area (Å²) in [5, 5.41) is 13.4. The molecule has 0 unspecified atom stereocenters. The molecule has 1 heterocycles. The van der Waals surface area contributed by atoms with E-state index in [-0.39, 0.29) is 51.7 Å². The van der Waals surface area contributed by atoms with Crippen molar-refractivity contribution in [3.63, 3.8) is 0 Å². The minimum Gasteiger partial charge on any atom is -0.481 e. The van der Waals surface area contributed by atoms with Crippen molar-refractivity contribution in [1.82, 2.24) is 14.7 Å². The third-order valence-corrected chi connectivity index (χ3v) is 9.11. The first-order chi connectivity index (χ1) is 19.1. The summed E-state index contributed by atoms with van der Waals surface area (Å²) in [4.78, 5) is 39.9. The Bertz CT molecular complexity index is 1300. The van der Waals surface area contributed by atoms with Crippen LogP contribution in [-0.2, 0) is 11.0 Å². The lowest BCUT2D eigenvalue weighted by atomic mass is 9.75. The van der Waals surface area contributed by atoms with Crippen LogP contribution >= 0.6 is 34.8 Å². The van der Waals surface area contributed by atoms with E-state index >= 15 is 0 Å². The van der Waals surface area contributed by atoms with Crippen LogP contribution in [0.15, 0.2) is 18.3 Å². The highest BCUT2D eigenvalue weighted by molar-refractivity contribution is 6.42. The predicted molar refractivity (Wildman–Crippen MR) is 149 cm³/mol. The molecule has 0 radical (unpaired) electrons. The smallest absolute Gasteiger partial charge is 0.433 e. The monoisotopic (exact) mass is 635 g/mol. The van der Waals surface area contributed by atoms with E-state index < -0.39 is 59.6 Å². The number of carbonyl (C=O) groups excluding carboxylic acids is 2. The average Bonchev–Trinajstić information content (AvgIpc) is 3.33. The maximum absolute atomic E-state index is 14.5. The number of benzene rings is 1. The zero-order chi connectivity index (χ0) is 30.3. The zero-order valence-electron chi connectivity index (χ0n) is 22.6. The van der Waals surface area contributed by atoms with E-state index in [9.17, 15) is 32.7 Å². The van der Waals surface area contributed by atoms with Crippen molar-refractivity contribution in [3.8, 4) is 0 Å². The molecule has 4 rings (SSSR count). The number of carbonyl (C=O) groups is 3. The number of amides is 1. The molecule has 2 aliphatic carbocycles. The minimum absolute atomic E-state index is 0.00513. The zero-order valence-corrected chi connectivity index (χ0v) is 24.9. The van der Waals surface area contributed by atoms with Gasteiger partial charge in [-0.05, 0) is 68.9 Å². The van der Waals surface area contributed by atoms with Gasteiger partial charge in [0.25, 0.3) is 5.91 Å². The lowest BCUT2D eigenvalue weighted by Crippen LogP contribution is -2.46. The molecule has 2 aliphatic rings. The molecule has 1 aromatic heterocycles. The van der Waals surface area contributed by atoms with Gasteiger partial charge in [-0.1, -0.05) is 48.7 Å². The Kier molecular flexibility index (Phi) is 9.36. The van der Waals surface area contributed by atoms with Crippen LogP contribution in [0.3, 0.4) is 0 Å². The van der Waals surface area contributed by atoms with E-state index in [0.29, 0.717) is 12.8 Å². The summed E-state index contributed by atoms with van der Waals surface area (Å²) in [6.07, 6.45) is -0.786. The number of hydrogen-bond acceptors (Lipinski definition) is 4. The second kappa shape index (κ2) is 12.1. The molecule has 1 aromatic carbocycles. The average molecular weight is 637 g/mol. The lowest BCUT2D eigenvalue weighted by Gasteiger charge is -2.40. The lowest BCUT2D eigenvalue weighted by molar-refractivity contribution is -0.147. The van der Waals surface area contributed by atoms with Crippen molar-refractivity contribution in [2.45, 2.75) is 83.5 Å². The molecule has 2 fully saturated rings. The maximum atomic E-state index is 14.5. The Morgan fingerprint density at radius 1 is 1.02 bits per heavy atom. The predicted octanol–water partition coefficient (Wildman–Crippen LogP) is 7.97. The highest BCUT2D eigenvalue weighted by Gasteiger charge is 2.44. The largest absolute Gasteiger partial charge is 0.481 e. The van der Waals surface area contributed by atoms with Crippen molar-refractivity contribution in [3.05, 3.63) is 50.2 Å². The summed E-state index contributed by atoms with van der Waals surface area (Å²) < 4.78 is 44.3. The standard InChI is InChI=1S/C28H31Cl3F3N3O4/c1-27(2)9-7-17(8-10-27)36(14-22(38)23-20(30)11-16(29)12-21(23)31)25(39)19-13-35-37(24(19)28(32,33)34)18-5-3-15(4-6-18)26(40)41/h11-13,15,17-18H,3-10,14H2,1-2H3,(H,40,41)/t15-,18-. The number of alkyl halides is 3. The van der Waals surface area contributed by atoms with Crippen LogP contribution in [0.25, 0.3) is 0 Å². The molecule has 0 spiro atoms. The first-order valence-electron chi connectivity index (χ1n) is 13.5.